The Morgan fingerprint density at radius 3 is 2.70 bits per heavy atom. The molecule has 1 fully saturated rings. The molecule has 0 bridgehead atoms. The number of hydrogen-bond donors (Lipinski definition) is 1. The van der Waals surface area contributed by atoms with Gasteiger partial charge >= 0.3 is 6.03 Å². The van der Waals surface area contributed by atoms with Gasteiger partial charge in [0.1, 0.15) is 13.1 Å². The van der Waals surface area contributed by atoms with E-state index in [4.69, 9.17) is 28.9 Å². The molecule has 108 valence electrons. The summed E-state index contributed by atoms with van der Waals surface area (Å²) in [6.45, 7) is 0.694. The zero-order valence-electron chi connectivity index (χ0n) is 11.3. The highest BCUT2D eigenvalue weighted by molar-refractivity contribution is 6.42. The number of nitrogens with two attached hydrogens (primary N) is 1. The summed E-state index contributed by atoms with van der Waals surface area (Å²) in [6.07, 6.45) is 0. The van der Waals surface area contributed by atoms with Crippen molar-refractivity contribution in [3.63, 3.8) is 0 Å². The lowest BCUT2D eigenvalue weighted by molar-refractivity contribution is -0.835. The van der Waals surface area contributed by atoms with E-state index < -0.39 is 11.9 Å². The number of urea groups is 1. The molecule has 0 aromatic heterocycles. The van der Waals surface area contributed by atoms with Gasteiger partial charge in [0, 0.05) is 12.6 Å². The van der Waals surface area contributed by atoms with Crippen LogP contribution in [0.3, 0.4) is 0 Å². The Bertz CT molecular complexity index is 579. The lowest BCUT2D eigenvalue weighted by Crippen LogP contribution is -2.46. The number of hydrogen-bond acceptors (Lipinski definition) is 2. The molecule has 1 aliphatic heterocycles. The summed E-state index contributed by atoms with van der Waals surface area (Å²) in [5.74, 6) is -0.500. The van der Waals surface area contributed by atoms with Crippen molar-refractivity contribution in [2.24, 2.45) is 5.73 Å². The van der Waals surface area contributed by atoms with Gasteiger partial charge in [-0.1, -0.05) is 35.3 Å². The average Bonchev–Trinajstić information content (AvgIpc) is 2.60. The highest BCUT2D eigenvalue weighted by atomic mass is 35.5. The van der Waals surface area contributed by atoms with Crippen molar-refractivity contribution in [3.8, 4) is 0 Å². The van der Waals surface area contributed by atoms with E-state index >= 15 is 0 Å². The molecule has 0 aliphatic carbocycles. The molecule has 3 amide bonds. The maximum atomic E-state index is 12.4. The van der Waals surface area contributed by atoms with Crippen LogP contribution in [0.4, 0.5) is 4.79 Å². The molecule has 2 atom stereocenters. The molecular formula is C13H16Cl2N3O2+. The van der Waals surface area contributed by atoms with E-state index in [1.807, 2.05) is 6.07 Å². The molecule has 20 heavy (non-hydrogen) atoms. The average molecular weight is 317 g/mol. The first kappa shape index (κ1) is 15.1. The molecule has 0 spiro atoms. The largest absolute Gasteiger partial charge is 0.419 e. The molecule has 0 saturated carbocycles. The monoisotopic (exact) mass is 316 g/mol. The van der Waals surface area contributed by atoms with E-state index in [1.54, 1.807) is 26.2 Å². The first-order valence-corrected chi connectivity index (χ1v) is 6.86. The van der Waals surface area contributed by atoms with Crippen molar-refractivity contribution >= 4 is 35.1 Å². The number of carbonyl (C=O) groups is 2. The minimum absolute atomic E-state index is 0.0458. The van der Waals surface area contributed by atoms with Crippen LogP contribution in [0, 0.1) is 0 Å². The van der Waals surface area contributed by atoms with E-state index in [1.165, 1.54) is 4.90 Å². The number of halogens is 2. The lowest BCUT2D eigenvalue weighted by atomic mass is 10.2. The van der Waals surface area contributed by atoms with Crippen LogP contribution in [0.15, 0.2) is 18.2 Å². The van der Waals surface area contributed by atoms with Crippen molar-refractivity contribution in [1.82, 2.24) is 4.90 Å². The summed E-state index contributed by atoms with van der Waals surface area (Å²) >= 11 is 12.1. The highest BCUT2D eigenvalue weighted by Gasteiger charge is 2.50. The lowest BCUT2D eigenvalue weighted by Gasteiger charge is -2.25. The molecule has 5 nitrogen and oxygen atoms in total. The maximum absolute atomic E-state index is 12.4. The van der Waals surface area contributed by atoms with Gasteiger partial charge in [-0.05, 0) is 6.07 Å². The maximum Gasteiger partial charge on any atom is 0.419 e. The van der Waals surface area contributed by atoms with Crippen molar-refractivity contribution in [1.29, 1.82) is 0 Å². The summed E-state index contributed by atoms with van der Waals surface area (Å²) in [5.41, 5.74) is 6.10. The topological polar surface area (TPSA) is 63.4 Å². The number of carbonyl (C=O) groups excluding carboxylic acids is 2. The van der Waals surface area contributed by atoms with Gasteiger partial charge in [0.25, 0.3) is 0 Å². The predicted molar refractivity (Wildman–Crippen MR) is 77.4 cm³/mol. The number of primary amides is 1. The van der Waals surface area contributed by atoms with Gasteiger partial charge in [-0.15, -0.1) is 0 Å². The molecule has 1 saturated heterocycles. The predicted octanol–water partition coefficient (Wildman–Crippen LogP) is 1.86. The van der Waals surface area contributed by atoms with Crippen molar-refractivity contribution in [2.75, 3.05) is 20.6 Å². The van der Waals surface area contributed by atoms with Crippen LogP contribution < -0.4 is 5.73 Å². The molecule has 7 heteroatoms. The van der Waals surface area contributed by atoms with Crippen molar-refractivity contribution in [2.45, 2.75) is 12.6 Å². The molecule has 1 aliphatic rings. The Balaban J connectivity index is 2.31. The van der Waals surface area contributed by atoms with Gasteiger partial charge in [-0.25, -0.2) is 9.28 Å². The van der Waals surface area contributed by atoms with Crippen LogP contribution in [0.1, 0.15) is 5.56 Å². The fourth-order valence-corrected chi connectivity index (χ4v) is 2.94. The molecule has 2 unspecified atom stereocenters. The molecule has 1 aromatic carbocycles. The second-order valence-corrected chi connectivity index (χ2v) is 6.05. The van der Waals surface area contributed by atoms with E-state index in [9.17, 15) is 9.59 Å². The third-order valence-electron chi connectivity index (χ3n) is 3.69. The SMILES string of the molecule is CN1C(=O)[N+](C)(Cc2cccc(Cl)c2Cl)CC1C(N)=O. The number of benzene rings is 1. The number of quaternary nitrogens is 1. The fraction of sp³-hybridized carbons (Fsp3) is 0.385. The minimum atomic E-state index is -0.592. The van der Waals surface area contributed by atoms with E-state index in [-0.39, 0.29) is 10.5 Å². The number of amides is 3. The molecule has 1 aromatic rings. The quantitative estimate of drug-likeness (QED) is 0.865. The third-order valence-corrected chi connectivity index (χ3v) is 4.54. The second-order valence-electron chi connectivity index (χ2n) is 5.26. The Kier molecular flexibility index (Phi) is 3.95. The Hall–Kier alpha value is -1.30. The zero-order chi connectivity index (χ0) is 15.1. The first-order valence-electron chi connectivity index (χ1n) is 6.10. The Labute approximate surface area is 127 Å². The van der Waals surface area contributed by atoms with Crippen molar-refractivity contribution in [3.05, 3.63) is 33.8 Å². The van der Waals surface area contributed by atoms with E-state index in [0.717, 1.165) is 5.56 Å². The molecule has 1 heterocycles. The standard InChI is InChI=1S/C13H15Cl2N3O2/c1-17-10(12(16)19)7-18(2,13(17)20)6-8-4-3-5-9(14)11(8)15/h3-5,10H,6-7H2,1-2H3,(H-,16,19)/p+1. The Morgan fingerprint density at radius 1 is 1.50 bits per heavy atom. The van der Waals surface area contributed by atoms with E-state index in [2.05, 4.69) is 0 Å². The molecular weight excluding hydrogens is 301 g/mol. The van der Waals surface area contributed by atoms with Crippen LogP contribution in [-0.2, 0) is 11.3 Å². The fourth-order valence-electron chi connectivity index (χ4n) is 2.56. The molecule has 2 N–H and O–H groups in total. The summed E-state index contributed by atoms with van der Waals surface area (Å²) in [5, 5.41) is 0.883. The Morgan fingerprint density at radius 2 is 2.15 bits per heavy atom. The van der Waals surface area contributed by atoms with Crippen LogP contribution in [0.2, 0.25) is 10.0 Å². The highest BCUT2D eigenvalue weighted by Crippen LogP contribution is 2.30. The number of nitrogens with zero attached hydrogens (tertiary/aromatic N) is 2. The second kappa shape index (κ2) is 5.24. The van der Waals surface area contributed by atoms with Crippen LogP contribution in [0.25, 0.3) is 0 Å². The summed E-state index contributed by atoms with van der Waals surface area (Å²) in [7, 11) is 3.35. The molecule has 0 radical (unpaired) electrons. The summed E-state index contributed by atoms with van der Waals surface area (Å²) in [4.78, 5) is 25.1. The van der Waals surface area contributed by atoms with Gasteiger partial charge in [-0.2, -0.15) is 0 Å². The number of likely N-dealkylation sites (N-methyl/N-ethyl adjacent to an activating group) is 2. The van der Waals surface area contributed by atoms with E-state index in [0.29, 0.717) is 23.1 Å². The summed E-state index contributed by atoms with van der Waals surface area (Å²) in [6, 6.07) is 4.54. The van der Waals surface area contributed by atoms with Gasteiger partial charge in [0.2, 0.25) is 5.91 Å². The van der Waals surface area contributed by atoms with Gasteiger partial charge in [0.15, 0.2) is 6.04 Å². The smallest absolute Gasteiger partial charge is 0.368 e. The zero-order valence-corrected chi connectivity index (χ0v) is 12.8. The van der Waals surface area contributed by atoms with Crippen LogP contribution in [-0.4, -0.2) is 48.0 Å². The van der Waals surface area contributed by atoms with Gasteiger partial charge in [-0.3, -0.25) is 9.69 Å². The van der Waals surface area contributed by atoms with Gasteiger partial charge < -0.3 is 5.73 Å². The normalized spacial score (nSPS) is 26.1. The summed E-state index contributed by atoms with van der Waals surface area (Å²) < 4.78 is 0.0458. The van der Waals surface area contributed by atoms with Gasteiger partial charge in [0.05, 0.1) is 17.1 Å². The first-order chi connectivity index (χ1) is 9.26. The van der Waals surface area contributed by atoms with Crippen LogP contribution >= 0.6 is 23.2 Å². The number of rotatable bonds is 3. The van der Waals surface area contributed by atoms with Crippen LogP contribution in [0.5, 0.6) is 0 Å². The minimum Gasteiger partial charge on any atom is -0.368 e. The molecule has 2 rings (SSSR count). The van der Waals surface area contributed by atoms with Crippen molar-refractivity contribution < 1.29 is 14.1 Å². The third kappa shape index (κ3) is 2.49.